The molecule has 0 saturated carbocycles. The molecule has 32 heavy (non-hydrogen) atoms. The van der Waals surface area contributed by atoms with E-state index >= 15 is 0 Å². The Kier molecular flexibility index (Phi) is 7.75. The van der Waals surface area contributed by atoms with Crippen LogP contribution in [0.3, 0.4) is 0 Å². The number of halogens is 1. The van der Waals surface area contributed by atoms with E-state index in [4.69, 9.17) is 42.8 Å². The number of benzene rings is 3. The van der Waals surface area contributed by atoms with Gasteiger partial charge in [0.15, 0.2) is 16.6 Å². The van der Waals surface area contributed by atoms with Crippen LogP contribution in [0.25, 0.3) is 0 Å². The molecule has 0 bridgehead atoms. The van der Waals surface area contributed by atoms with Crippen LogP contribution in [0.2, 0.25) is 5.02 Å². The summed E-state index contributed by atoms with van der Waals surface area (Å²) in [6.07, 6.45) is 0. The average molecular weight is 473 g/mol. The van der Waals surface area contributed by atoms with Crippen LogP contribution in [0.15, 0.2) is 60.7 Å². The monoisotopic (exact) mass is 472 g/mol. The maximum absolute atomic E-state index is 12.6. The summed E-state index contributed by atoms with van der Waals surface area (Å²) >= 11 is 11.1. The van der Waals surface area contributed by atoms with Gasteiger partial charge in [-0.15, -0.1) is 0 Å². The first-order valence-corrected chi connectivity index (χ1v) is 10.2. The summed E-state index contributed by atoms with van der Waals surface area (Å²) in [6, 6.07) is 17.3. The van der Waals surface area contributed by atoms with Gasteiger partial charge in [-0.05, 0) is 72.9 Å². The van der Waals surface area contributed by atoms with E-state index in [0.717, 1.165) is 0 Å². The van der Waals surface area contributed by atoms with Gasteiger partial charge in [0, 0.05) is 16.3 Å². The molecule has 0 spiro atoms. The first-order valence-electron chi connectivity index (χ1n) is 9.39. The Morgan fingerprint density at radius 3 is 1.88 bits per heavy atom. The molecule has 0 fully saturated rings. The van der Waals surface area contributed by atoms with Crippen LogP contribution in [0, 0.1) is 0 Å². The lowest BCUT2D eigenvalue weighted by molar-refractivity contribution is 0.0977. The second-order valence-electron chi connectivity index (χ2n) is 6.40. The van der Waals surface area contributed by atoms with Crippen molar-refractivity contribution < 1.29 is 23.7 Å². The largest absolute Gasteiger partial charge is 0.493 e. The van der Waals surface area contributed by atoms with Crippen LogP contribution in [-0.2, 0) is 0 Å². The first kappa shape index (κ1) is 23.2. The van der Waals surface area contributed by atoms with Gasteiger partial charge < -0.3 is 24.3 Å². The van der Waals surface area contributed by atoms with Gasteiger partial charge in [0.25, 0.3) is 5.91 Å². The van der Waals surface area contributed by atoms with Crippen molar-refractivity contribution in [3.05, 3.63) is 71.2 Å². The van der Waals surface area contributed by atoms with Gasteiger partial charge in [-0.1, -0.05) is 11.6 Å². The molecule has 0 radical (unpaired) electrons. The smallest absolute Gasteiger partial charge is 0.257 e. The van der Waals surface area contributed by atoms with Crippen LogP contribution >= 0.6 is 23.8 Å². The Bertz CT molecular complexity index is 1080. The lowest BCUT2D eigenvalue weighted by atomic mass is 10.1. The first-order chi connectivity index (χ1) is 15.4. The van der Waals surface area contributed by atoms with Gasteiger partial charge in [-0.25, -0.2) is 0 Å². The van der Waals surface area contributed by atoms with Crippen molar-refractivity contribution in [2.75, 3.05) is 26.6 Å². The second kappa shape index (κ2) is 10.7. The zero-order valence-corrected chi connectivity index (χ0v) is 19.2. The molecule has 0 aliphatic heterocycles. The van der Waals surface area contributed by atoms with E-state index in [1.807, 2.05) is 0 Å². The lowest BCUT2D eigenvalue weighted by Crippen LogP contribution is -2.34. The number of methoxy groups -OCH3 is 3. The van der Waals surface area contributed by atoms with E-state index < -0.39 is 5.91 Å². The molecule has 0 aliphatic rings. The number of ether oxygens (including phenoxy) is 4. The Morgan fingerprint density at radius 1 is 0.844 bits per heavy atom. The molecule has 9 heteroatoms. The van der Waals surface area contributed by atoms with Crippen molar-refractivity contribution in [3.63, 3.8) is 0 Å². The van der Waals surface area contributed by atoms with E-state index in [1.54, 1.807) is 60.7 Å². The minimum absolute atomic E-state index is 0.134. The summed E-state index contributed by atoms with van der Waals surface area (Å²) in [5.74, 6) is 2.02. The molecule has 2 N–H and O–H groups in total. The number of anilines is 1. The maximum atomic E-state index is 12.6. The molecule has 0 atom stereocenters. The molecule has 7 nitrogen and oxygen atoms in total. The molecule has 3 aromatic rings. The summed E-state index contributed by atoms with van der Waals surface area (Å²) in [5.41, 5.74) is 0.985. The number of nitrogens with one attached hydrogen (secondary N) is 2. The molecule has 0 unspecified atom stereocenters. The molecule has 3 rings (SSSR count). The van der Waals surface area contributed by atoms with Gasteiger partial charge in [-0.2, -0.15) is 0 Å². The van der Waals surface area contributed by atoms with E-state index in [9.17, 15) is 4.79 Å². The summed E-state index contributed by atoms with van der Waals surface area (Å²) in [6.45, 7) is 0. The van der Waals surface area contributed by atoms with Crippen LogP contribution in [0.1, 0.15) is 10.4 Å². The number of carbonyl (C=O) groups excluding carboxylic acids is 1. The summed E-state index contributed by atoms with van der Waals surface area (Å²) in [5, 5.41) is 6.36. The van der Waals surface area contributed by atoms with Crippen molar-refractivity contribution in [2.24, 2.45) is 0 Å². The maximum Gasteiger partial charge on any atom is 0.257 e. The van der Waals surface area contributed by atoms with E-state index in [1.165, 1.54) is 21.3 Å². The van der Waals surface area contributed by atoms with Crippen molar-refractivity contribution in [1.82, 2.24) is 5.32 Å². The summed E-state index contributed by atoms with van der Waals surface area (Å²) in [7, 11) is 4.45. The van der Waals surface area contributed by atoms with E-state index in [-0.39, 0.29) is 5.11 Å². The molecule has 0 aliphatic carbocycles. The fourth-order valence-electron chi connectivity index (χ4n) is 2.79. The van der Waals surface area contributed by atoms with Gasteiger partial charge in [0.2, 0.25) is 5.75 Å². The highest BCUT2D eigenvalue weighted by Gasteiger charge is 2.17. The normalized spacial score (nSPS) is 10.1. The van der Waals surface area contributed by atoms with Gasteiger partial charge in [-0.3, -0.25) is 10.1 Å². The topological polar surface area (TPSA) is 78.1 Å². The Hall–Kier alpha value is -3.49. The number of carbonyl (C=O) groups is 1. The third-order valence-corrected chi connectivity index (χ3v) is 4.77. The Morgan fingerprint density at radius 2 is 1.38 bits per heavy atom. The highest BCUT2D eigenvalue weighted by Crippen LogP contribution is 2.38. The number of hydrogen-bond donors (Lipinski definition) is 2. The standard InChI is InChI=1S/C23H21ClN2O5S/c1-28-19-12-14(13-20(29-2)21(19)30-3)22(27)26-23(32)25-16-6-10-18(11-7-16)31-17-8-4-15(24)5-9-17/h4-13H,1-3H3,(H2,25,26,27,32). The van der Waals surface area contributed by atoms with E-state index in [2.05, 4.69) is 10.6 Å². The zero-order chi connectivity index (χ0) is 23.1. The van der Waals surface area contributed by atoms with Gasteiger partial charge in [0.05, 0.1) is 21.3 Å². The molecular formula is C23H21ClN2O5S. The number of rotatable bonds is 7. The number of amides is 1. The molecule has 0 saturated heterocycles. The number of thiocarbonyl (C=S) groups is 1. The third-order valence-electron chi connectivity index (χ3n) is 4.32. The Balaban J connectivity index is 1.62. The van der Waals surface area contributed by atoms with Crippen LogP contribution in [0.5, 0.6) is 28.7 Å². The number of hydrogen-bond acceptors (Lipinski definition) is 6. The minimum atomic E-state index is -0.426. The molecule has 0 heterocycles. The summed E-state index contributed by atoms with van der Waals surface area (Å²) in [4.78, 5) is 12.6. The molecule has 1 amide bonds. The highest BCUT2D eigenvalue weighted by molar-refractivity contribution is 7.80. The second-order valence-corrected chi connectivity index (χ2v) is 7.25. The lowest BCUT2D eigenvalue weighted by Gasteiger charge is -2.15. The minimum Gasteiger partial charge on any atom is -0.493 e. The zero-order valence-electron chi connectivity index (χ0n) is 17.6. The van der Waals surface area contributed by atoms with Gasteiger partial charge in [0.1, 0.15) is 11.5 Å². The quantitative estimate of drug-likeness (QED) is 0.452. The molecule has 0 aromatic heterocycles. The Labute approximate surface area is 196 Å². The SMILES string of the molecule is COc1cc(C(=O)NC(=S)Nc2ccc(Oc3ccc(Cl)cc3)cc2)cc(OC)c1OC. The molecular weight excluding hydrogens is 452 g/mol. The van der Waals surface area contributed by atoms with Gasteiger partial charge >= 0.3 is 0 Å². The van der Waals surface area contributed by atoms with Crippen molar-refractivity contribution >= 4 is 40.5 Å². The van der Waals surface area contributed by atoms with Crippen molar-refractivity contribution in [1.29, 1.82) is 0 Å². The molecule has 166 valence electrons. The van der Waals surface area contributed by atoms with Crippen molar-refractivity contribution in [2.45, 2.75) is 0 Å². The third kappa shape index (κ3) is 5.81. The van der Waals surface area contributed by atoms with Crippen LogP contribution in [-0.4, -0.2) is 32.3 Å². The van der Waals surface area contributed by atoms with Crippen molar-refractivity contribution in [3.8, 4) is 28.7 Å². The summed E-state index contributed by atoms with van der Waals surface area (Å²) < 4.78 is 21.6. The van der Waals surface area contributed by atoms with Crippen LogP contribution < -0.4 is 29.6 Å². The predicted molar refractivity (Wildman–Crippen MR) is 128 cm³/mol. The van der Waals surface area contributed by atoms with Crippen LogP contribution in [0.4, 0.5) is 5.69 Å². The molecule has 3 aromatic carbocycles. The average Bonchev–Trinajstić information content (AvgIpc) is 2.80. The van der Waals surface area contributed by atoms with E-state index in [0.29, 0.717) is 45.0 Å². The fraction of sp³-hybridized carbons (Fsp3) is 0.130. The predicted octanol–water partition coefficient (Wildman–Crippen LogP) is 5.28. The highest BCUT2D eigenvalue weighted by atomic mass is 35.5. The fourth-order valence-corrected chi connectivity index (χ4v) is 3.13.